The summed E-state index contributed by atoms with van der Waals surface area (Å²) >= 11 is 0. The summed E-state index contributed by atoms with van der Waals surface area (Å²) in [6.45, 7) is 1.97. The molecule has 0 bridgehead atoms. The average Bonchev–Trinajstić information content (AvgIpc) is 2.65. The monoisotopic (exact) mass is 201 g/mol. The Morgan fingerprint density at radius 2 is 2.27 bits per heavy atom. The Balaban J connectivity index is 2.01. The number of hydrogen-bond acceptors (Lipinski definition) is 4. The fraction of sp³-hybridized carbons (Fsp3) is 0.300. The lowest BCUT2D eigenvalue weighted by Gasteiger charge is -2.28. The largest absolute Gasteiger partial charge is 0.313 e. The highest BCUT2D eigenvalue weighted by Gasteiger charge is 2.22. The molecule has 5 heteroatoms. The van der Waals surface area contributed by atoms with Gasteiger partial charge in [0.05, 0.1) is 6.04 Å². The molecule has 1 aliphatic heterocycles. The molecule has 0 aliphatic carbocycles. The minimum Gasteiger partial charge on any atom is -0.313 e. The molecular weight excluding hydrogens is 190 g/mol. The Morgan fingerprint density at radius 1 is 1.33 bits per heavy atom. The number of aromatic nitrogens is 4. The zero-order chi connectivity index (χ0) is 10.1. The predicted molar refractivity (Wildman–Crippen MR) is 55.2 cm³/mol. The van der Waals surface area contributed by atoms with Gasteiger partial charge < -0.3 is 9.88 Å². The number of pyridine rings is 1. The minimum absolute atomic E-state index is 0.469. The lowest BCUT2D eigenvalue weighted by Crippen LogP contribution is -2.43. The Labute approximate surface area is 87.2 Å². The van der Waals surface area contributed by atoms with E-state index in [1.165, 1.54) is 0 Å². The van der Waals surface area contributed by atoms with E-state index in [0.29, 0.717) is 6.04 Å². The molecule has 2 aromatic heterocycles. The van der Waals surface area contributed by atoms with Gasteiger partial charge in [0.1, 0.15) is 12.0 Å². The molecule has 0 aromatic carbocycles. The third-order valence-electron chi connectivity index (χ3n) is 2.62. The van der Waals surface area contributed by atoms with Crippen molar-refractivity contribution in [1.82, 2.24) is 25.1 Å². The number of nitrogens with one attached hydrogen (secondary N) is 1. The third kappa shape index (κ3) is 1.41. The van der Waals surface area contributed by atoms with Crippen LogP contribution >= 0.6 is 0 Å². The van der Waals surface area contributed by atoms with Crippen LogP contribution in [0.4, 0.5) is 0 Å². The van der Waals surface area contributed by atoms with E-state index >= 15 is 0 Å². The second-order valence-electron chi connectivity index (χ2n) is 3.59. The average molecular weight is 201 g/mol. The first kappa shape index (κ1) is 8.55. The van der Waals surface area contributed by atoms with Crippen LogP contribution in [0.1, 0.15) is 6.04 Å². The number of hydrogen-bond donors (Lipinski definition) is 1. The van der Waals surface area contributed by atoms with Crippen LogP contribution in [-0.4, -0.2) is 32.8 Å². The van der Waals surface area contributed by atoms with E-state index in [1.54, 1.807) is 12.5 Å². The van der Waals surface area contributed by atoms with Gasteiger partial charge >= 0.3 is 0 Å². The van der Waals surface area contributed by atoms with Crippen LogP contribution in [-0.2, 0) is 0 Å². The van der Waals surface area contributed by atoms with Crippen molar-refractivity contribution >= 4 is 0 Å². The number of rotatable bonds is 2. The van der Waals surface area contributed by atoms with Gasteiger partial charge in [-0.05, 0) is 12.1 Å². The van der Waals surface area contributed by atoms with Crippen LogP contribution in [0.25, 0.3) is 11.5 Å². The second kappa shape index (κ2) is 3.43. The molecule has 1 fully saturated rings. The van der Waals surface area contributed by atoms with Crippen LogP contribution in [0, 0.1) is 0 Å². The molecule has 0 saturated carbocycles. The topological polar surface area (TPSA) is 55.6 Å². The maximum Gasteiger partial charge on any atom is 0.182 e. The Morgan fingerprint density at radius 3 is 2.93 bits per heavy atom. The summed E-state index contributed by atoms with van der Waals surface area (Å²) in [5.41, 5.74) is 0.877. The van der Waals surface area contributed by atoms with E-state index in [1.807, 2.05) is 18.2 Å². The maximum absolute atomic E-state index is 4.28. The van der Waals surface area contributed by atoms with Crippen molar-refractivity contribution in [2.24, 2.45) is 0 Å². The zero-order valence-electron chi connectivity index (χ0n) is 8.17. The van der Waals surface area contributed by atoms with Gasteiger partial charge in [-0.15, -0.1) is 10.2 Å². The zero-order valence-corrected chi connectivity index (χ0v) is 8.17. The Kier molecular flexibility index (Phi) is 1.96. The smallest absolute Gasteiger partial charge is 0.182 e. The molecule has 1 saturated heterocycles. The van der Waals surface area contributed by atoms with E-state index in [9.17, 15) is 0 Å². The maximum atomic E-state index is 4.28. The van der Waals surface area contributed by atoms with Crippen LogP contribution in [0.5, 0.6) is 0 Å². The molecule has 2 aromatic rings. The highest BCUT2D eigenvalue weighted by molar-refractivity contribution is 5.48. The summed E-state index contributed by atoms with van der Waals surface area (Å²) in [6, 6.07) is 6.28. The van der Waals surface area contributed by atoms with Crippen molar-refractivity contribution in [2.75, 3.05) is 13.1 Å². The van der Waals surface area contributed by atoms with Gasteiger partial charge in [-0.3, -0.25) is 4.98 Å². The molecule has 3 heterocycles. The van der Waals surface area contributed by atoms with Gasteiger partial charge in [0.15, 0.2) is 5.82 Å². The van der Waals surface area contributed by atoms with Crippen molar-refractivity contribution < 1.29 is 0 Å². The molecule has 1 aliphatic rings. The minimum atomic E-state index is 0.469. The van der Waals surface area contributed by atoms with Crippen LogP contribution in [0.15, 0.2) is 30.7 Å². The van der Waals surface area contributed by atoms with Gasteiger partial charge in [0.2, 0.25) is 0 Å². The molecule has 15 heavy (non-hydrogen) atoms. The van der Waals surface area contributed by atoms with E-state index in [2.05, 4.69) is 25.1 Å². The summed E-state index contributed by atoms with van der Waals surface area (Å²) in [4.78, 5) is 4.28. The van der Waals surface area contributed by atoms with E-state index < -0.39 is 0 Å². The highest BCUT2D eigenvalue weighted by Crippen LogP contribution is 2.19. The molecule has 0 radical (unpaired) electrons. The quantitative estimate of drug-likeness (QED) is 0.768. The molecule has 5 nitrogen and oxygen atoms in total. The lowest BCUT2D eigenvalue weighted by atomic mass is 10.2. The fourth-order valence-electron chi connectivity index (χ4n) is 1.66. The van der Waals surface area contributed by atoms with Crippen molar-refractivity contribution in [3.63, 3.8) is 0 Å². The number of nitrogens with zero attached hydrogens (tertiary/aromatic N) is 4. The van der Waals surface area contributed by atoms with Crippen LogP contribution in [0.3, 0.4) is 0 Å². The molecule has 1 N–H and O–H groups in total. The summed E-state index contributed by atoms with van der Waals surface area (Å²) in [7, 11) is 0. The van der Waals surface area contributed by atoms with Crippen molar-refractivity contribution in [1.29, 1.82) is 0 Å². The summed E-state index contributed by atoms with van der Waals surface area (Å²) in [5.74, 6) is 0.849. The SMILES string of the molecule is c1ccc(-c2nncn2C2CNC2)nc1. The standard InChI is InChI=1S/C10H11N5/c1-2-4-12-9(3-1)10-14-13-7-15(10)8-5-11-6-8/h1-4,7-8,11H,5-6H2. The van der Waals surface area contributed by atoms with Crippen LogP contribution < -0.4 is 5.32 Å². The normalized spacial score (nSPS) is 16.3. The molecule has 0 amide bonds. The molecule has 3 rings (SSSR count). The van der Waals surface area contributed by atoms with Crippen molar-refractivity contribution in [3.8, 4) is 11.5 Å². The lowest BCUT2D eigenvalue weighted by molar-refractivity contribution is 0.345. The first-order chi connectivity index (χ1) is 7.45. The first-order valence-corrected chi connectivity index (χ1v) is 4.97. The summed E-state index contributed by atoms with van der Waals surface area (Å²) in [6.07, 6.45) is 3.54. The summed E-state index contributed by atoms with van der Waals surface area (Å²) in [5, 5.41) is 11.3. The van der Waals surface area contributed by atoms with Crippen LogP contribution in [0.2, 0.25) is 0 Å². The first-order valence-electron chi connectivity index (χ1n) is 4.97. The van der Waals surface area contributed by atoms with Gasteiger partial charge in [-0.25, -0.2) is 0 Å². The van der Waals surface area contributed by atoms with Gasteiger partial charge in [-0.2, -0.15) is 0 Å². The van der Waals surface area contributed by atoms with E-state index in [0.717, 1.165) is 24.6 Å². The Bertz CT molecular complexity index is 446. The highest BCUT2D eigenvalue weighted by atomic mass is 15.3. The van der Waals surface area contributed by atoms with Crippen molar-refractivity contribution in [3.05, 3.63) is 30.7 Å². The van der Waals surface area contributed by atoms with Crippen molar-refractivity contribution in [2.45, 2.75) is 6.04 Å². The van der Waals surface area contributed by atoms with E-state index in [4.69, 9.17) is 0 Å². The molecular formula is C10H11N5. The predicted octanol–water partition coefficient (Wildman–Crippen LogP) is 0.484. The van der Waals surface area contributed by atoms with Gasteiger partial charge in [-0.1, -0.05) is 6.07 Å². The third-order valence-corrected chi connectivity index (χ3v) is 2.62. The summed E-state index contributed by atoms with van der Waals surface area (Å²) < 4.78 is 2.08. The van der Waals surface area contributed by atoms with Gasteiger partial charge in [0, 0.05) is 19.3 Å². The molecule has 0 atom stereocenters. The molecule has 0 spiro atoms. The molecule has 0 unspecified atom stereocenters. The Hall–Kier alpha value is -1.75. The fourth-order valence-corrected chi connectivity index (χ4v) is 1.66. The van der Waals surface area contributed by atoms with E-state index in [-0.39, 0.29) is 0 Å². The second-order valence-corrected chi connectivity index (χ2v) is 3.59. The molecule has 76 valence electrons. The van der Waals surface area contributed by atoms with Gasteiger partial charge in [0.25, 0.3) is 0 Å².